The van der Waals surface area contributed by atoms with E-state index in [0.717, 1.165) is 26.1 Å². The molecule has 0 aromatic heterocycles. The molecule has 2 aliphatic rings. The van der Waals surface area contributed by atoms with Crippen molar-refractivity contribution in [3.8, 4) is 0 Å². The summed E-state index contributed by atoms with van der Waals surface area (Å²) in [6, 6.07) is 0. The zero-order chi connectivity index (χ0) is 8.11. The zero-order valence-corrected chi connectivity index (χ0v) is 7.55. The molecule has 1 saturated heterocycles. The van der Waals surface area contributed by atoms with Gasteiger partial charge in [0.15, 0.2) is 0 Å². The van der Waals surface area contributed by atoms with Crippen LogP contribution in [-0.2, 0) is 9.53 Å². The normalized spacial score (nSPS) is 28.1. The van der Waals surface area contributed by atoms with Crippen LogP contribution < -0.4 is 24.0 Å². The van der Waals surface area contributed by atoms with Crippen molar-refractivity contribution in [2.45, 2.75) is 19.8 Å². The predicted molar refractivity (Wildman–Crippen MR) is 35.6 cm³/mol. The monoisotopic (exact) mass is 162 g/mol. The summed E-state index contributed by atoms with van der Waals surface area (Å²) in [6.45, 7) is 3.25. The Morgan fingerprint density at radius 3 is 2.17 bits per heavy atom. The molecule has 1 heterocycles. The van der Waals surface area contributed by atoms with Gasteiger partial charge in [0.25, 0.3) is 0 Å². The van der Waals surface area contributed by atoms with Gasteiger partial charge in [-0.15, -0.1) is 0 Å². The topological polar surface area (TPSA) is 49.4 Å². The minimum Gasteiger partial charge on any atom is -0.550 e. The summed E-state index contributed by atoms with van der Waals surface area (Å²) in [4.78, 5) is 10.6. The maximum Gasteiger partial charge on any atom is 1.00 e. The molecule has 1 spiro atoms. The summed E-state index contributed by atoms with van der Waals surface area (Å²) in [5.41, 5.74) is -0.349. The molecule has 0 radical (unpaired) electrons. The molecular formula is C8H11LiO3. The Hall–Kier alpha value is 0.0274. The van der Waals surface area contributed by atoms with E-state index in [9.17, 15) is 9.90 Å². The maximum atomic E-state index is 10.6. The van der Waals surface area contributed by atoms with Crippen molar-refractivity contribution in [1.29, 1.82) is 0 Å². The van der Waals surface area contributed by atoms with Gasteiger partial charge in [-0.1, -0.05) is 6.92 Å². The fraction of sp³-hybridized carbons (Fsp3) is 0.875. The van der Waals surface area contributed by atoms with Crippen LogP contribution >= 0.6 is 0 Å². The first-order valence-electron chi connectivity index (χ1n) is 3.86. The van der Waals surface area contributed by atoms with E-state index < -0.39 is 11.4 Å². The van der Waals surface area contributed by atoms with Crippen LogP contribution in [0.25, 0.3) is 0 Å². The number of ether oxygens (including phenoxy) is 1. The average molecular weight is 162 g/mol. The van der Waals surface area contributed by atoms with Gasteiger partial charge in [-0.3, -0.25) is 0 Å². The first-order chi connectivity index (χ1) is 5.06. The maximum absolute atomic E-state index is 10.6. The molecule has 0 amide bonds. The summed E-state index contributed by atoms with van der Waals surface area (Å²) in [5, 5.41) is 10.6. The molecule has 0 N–H and O–H groups in total. The Morgan fingerprint density at radius 1 is 1.42 bits per heavy atom. The van der Waals surface area contributed by atoms with Gasteiger partial charge in [0, 0.05) is 16.8 Å². The number of rotatable bonds is 1. The Bertz CT molecular complexity index is 202. The van der Waals surface area contributed by atoms with Gasteiger partial charge in [0.1, 0.15) is 0 Å². The third kappa shape index (κ3) is 1.21. The third-order valence-electron chi connectivity index (χ3n) is 2.84. The molecule has 1 aliphatic carbocycles. The second kappa shape index (κ2) is 2.76. The van der Waals surface area contributed by atoms with Crippen LogP contribution in [0.3, 0.4) is 0 Å². The molecule has 0 bridgehead atoms. The Kier molecular flexibility index (Phi) is 2.33. The smallest absolute Gasteiger partial charge is 0.550 e. The van der Waals surface area contributed by atoms with Gasteiger partial charge in [0.05, 0.1) is 13.2 Å². The molecular weight excluding hydrogens is 151 g/mol. The molecule has 3 nitrogen and oxygen atoms in total. The third-order valence-corrected chi connectivity index (χ3v) is 2.84. The zero-order valence-electron chi connectivity index (χ0n) is 7.55. The first kappa shape index (κ1) is 10.1. The minimum absolute atomic E-state index is 0. The van der Waals surface area contributed by atoms with Gasteiger partial charge in [-0.25, -0.2) is 0 Å². The van der Waals surface area contributed by atoms with E-state index in [1.807, 2.05) is 0 Å². The second-order valence-corrected chi connectivity index (χ2v) is 4.19. The van der Waals surface area contributed by atoms with Crippen LogP contribution in [0.1, 0.15) is 19.8 Å². The van der Waals surface area contributed by atoms with Crippen LogP contribution in [0.5, 0.6) is 0 Å². The number of aliphatic carboxylic acids is 1. The quantitative estimate of drug-likeness (QED) is 0.377. The summed E-state index contributed by atoms with van der Waals surface area (Å²) in [6.07, 6.45) is 1.48. The molecule has 2 rings (SSSR count). The molecule has 62 valence electrons. The van der Waals surface area contributed by atoms with Crippen LogP contribution in [0, 0.1) is 10.8 Å². The Morgan fingerprint density at radius 2 is 1.92 bits per heavy atom. The van der Waals surface area contributed by atoms with Gasteiger partial charge in [0.2, 0.25) is 0 Å². The second-order valence-electron chi connectivity index (χ2n) is 4.19. The van der Waals surface area contributed by atoms with Gasteiger partial charge < -0.3 is 14.6 Å². The van der Waals surface area contributed by atoms with E-state index >= 15 is 0 Å². The van der Waals surface area contributed by atoms with Crippen LogP contribution in [-0.4, -0.2) is 19.2 Å². The summed E-state index contributed by atoms with van der Waals surface area (Å²) in [5.74, 6) is -0.907. The van der Waals surface area contributed by atoms with Crippen LogP contribution in [0.2, 0.25) is 0 Å². The number of carbonyl (C=O) groups is 1. The molecule has 0 aromatic carbocycles. The molecule has 1 aliphatic heterocycles. The standard InChI is InChI=1S/C8H12O3.Li/c1-7(6(9)10)2-8(3-7)4-11-5-8;/h2-5H2,1H3,(H,9,10);/q;+1/p-1. The van der Waals surface area contributed by atoms with Gasteiger partial charge >= 0.3 is 18.9 Å². The van der Waals surface area contributed by atoms with Crippen molar-refractivity contribution < 1.29 is 33.5 Å². The number of hydrogen-bond acceptors (Lipinski definition) is 3. The molecule has 0 unspecified atom stereocenters. The molecule has 2 fully saturated rings. The summed E-state index contributed by atoms with van der Waals surface area (Å²) >= 11 is 0. The van der Waals surface area contributed by atoms with Crippen molar-refractivity contribution in [3.63, 3.8) is 0 Å². The largest absolute Gasteiger partial charge is 1.00 e. The van der Waals surface area contributed by atoms with Crippen LogP contribution in [0.4, 0.5) is 0 Å². The average Bonchev–Trinajstić information content (AvgIpc) is 1.75. The Labute approximate surface area is 83.6 Å². The number of carboxylic acids is 1. The number of hydrogen-bond donors (Lipinski definition) is 0. The van der Waals surface area contributed by atoms with E-state index in [1.54, 1.807) is 6.92 Å². The number of carboxylic acid groups (broad SMARTS) is 1. The van der Waals surface area contributed by atoms with E-state index in [2.05, 4.69) is 0 Å². The van der Waals surface area contributed by atoms with E-state index in [-0.39, 0.29) is 24.3 Å². The van der Waals surface area contributed by atoms with Crippen LogP contribution in [0.15, 0.2) is 0 Å². The molecule has 12 heavy (non-hydrogen) atoms. The summed E-state index contributed by atoms with van der Waals surface area (Å²) < 4.78 is 5.04. The van der Waals surface area contributed by atoms with Crippen molar-refractivity contribution in [1.82, 2.24) is 0 Å². The minimum atomic E-state index is -0.907. The van der Waals surface area contributed by atoms with Crippen molar-refractivity contribution in [2.24, 2.45) is 10.8 Å². The fourth-order valence-electron chi connectivity index (χ4n) is 2.34. The summed E-state index contributed by atoms with van der Waals surface area (Å²) in [7, 11) is 0. The van der Waals surface area contributed by atoms with E-state index in [1.165, 1.54) is 0 Å². The molecule has 4 heteroatoms. The van der Waals surface area contributed by atoms with Gasteiger partial charge in [-0.05, 0) is 12.8 Å². The number of carbonyl (C=O) groups excluding carboxylic acids is 1. The molecule has 0 atom stereocenters. The first-order valence-corrected chi connectivity index (χ1v) is 3.86. The fourth-order valence-corrected chi connectivity index (χ4v) is 2.34. The van der Waals surface area contributed by atoms with E-state index in [4.69, 9.17) is 4.74 Å². The predicted octanol–water partition coefficient (Wildman–Crippen LogP) is -3.44. The Balaban J connectivity index is 0.000000720. The molecule has 0 aromatic rings. The van der Waals surface area contributed by atoms with Crippen molar-refractivity contribution in [2.75, 3.05) is 13.2 Å². The van der Waals surface area contributed by atoms with Gasteiger partial charge in [-0.2, -0.15) is 0 Å². The van der Waals surface area contributed by atoms with Crippen molar-refractivity contribution in [3.05, 3.63) is 0 Å². The molecule has 1 saturated carbocycles. The van der Waals surface area contributed by atoms with E-state index in [0.29, 0.717) is 0 Å². The SMILES string of the molecule is CC1(C(=O)[O-])CC2(COC2)C1.[Li+]. The van der Waals surface area contributed by atoms with Crippen molar-refractivity contribution >= 4 is 5.97 Å².